The van der Waals surface area contributed by atoms with E-state index in [1.165, 1.54) is 18.2 Å². The summed E-state index contributed by atoms with van der Waals surface area (Å²) >= 11 is 1.15. The first-order valence-electron chi connectivity index (χ1n) is 8.12. The fraction of sp³-hybridized carbons (Fsp3) is 0.222. The van der Waals surface area contributed by atoms with Gasteiger partial charge in [0.15, 0.2) is 29.1 Å². The zero-order chi connectivity index (χ0) is 19.2. The number of thioether (sulfide) groups is 1. The minimum Gasteiger partial charge on any atom is -0.461 e. The summed E-state index contributed by atoms with van der Waals surface area (Å²) in [6.07, 6.45) is 1.55. The van der Waals surface area contributed by atoms with Crippen LogP contribution in [0.1, 0.15) is 17.3 Å². The Morgan fingerprint density at radius 2 is 2.11 bits per heavy atom. The normalized spacial score (nSPS) is 10.7. The molecule has 140 valence electrons. The van der Waals surface area contributed by atoms with Crippen LogP contribution in [0.4, 0.5) is 4.39 Å². The van der Waals surface area contributed by atoms with Crippen molar-refractivity contribution in [2.24, 2.45) is 0 Å². The van der Waals surface area contributed by atoms with E-state index in [9.17, 15) is 14.0 Å². The van der Waals surface area contributed by atoms with Gasteiger partial charge in [-0.2, -0.15) is 0 Å². The second-order valence-corrected chi connectivity index (χ2v) is 6.35. The van der Waals surface area contributed by atoms with Crippen molar-refractivity contribution in [2.75, 3.05) is 12.4 Å². The zero-order valence-electron chi connectivity index (χ0n) is 14.4. The SMILES string of the molecule is CCn1c(SCC(=O)OCC(=O)c2cccc(F)c2)nnc1-c1ccco1. The number of ether oxygens (including phenoxy) is 1. The molecule has 7 nitrogen and oxygen atoms in total. The number of hydrogen-bond acceptors (Lipinski definition) is 7. The molecule has 0 atom stereocenters. The average Bonchev–Trinajstić information content (AvgIpc) is 3.33. The van der Waals surface area contributed by atoms with Gasteiger partial charge in [-0.1, -0.05) is 23.9 Å². The minimum atomic E-state index is -0.574. The Hall–Kier alpha value is -2.94. The highest BCUT2D eigenvalue weighted by molar-refractivity contribution is 7.99. The van der Waals surface area contributed by atoms with Crippen LogP contribution in [0.5, 0.6) is 0 Å². The summed E-state index contributed by atoms with van der Waals surface area (Å²) in [5, 5.41) is 8.69. The maximum absolute atomic E-state index is 13.1. The number of benzene rings is 1. The molecule has 0 saturated carbocycles. The van der Waals surface area contributed by atoms with E-state index in [0.29, 0.717) is 23.3 Å². The first-order chi connectivity index (χ1) is 13.1. The second-order valence-electron chi connectivity index (χ2n) is 5.41. The fourth-order valence-corrected chi connectivity index (χ4v) is 3.13. The largest absolute Gasteiger partial charge is 0.461 e. The standard InChI is InChI=1S/C18H16FN3O4S/c1-2-22-17(15-7-4-8-25-15)20-21-18(22)27-11-16(24)26-10-14(23)12-5-3-6-13(19)9-12/h3-9H,2,10-11H2,1H3. The van der Waals surface area contributed by atoms with Gasteiger partial charge in [-0.15, -0.1) is 10.2 Å². The number of aromatic nitrogens is 3. The highest BCUT2D eigenvalue weighted by atomic mass is 32.2. The Labute approximate surface area is 158 Å². The number of Topliss-reactive ketones (excluding diaryl/α,β-unsaturated/α-hetero) is 1. The van der Waals surface area contributed by atoms with Crippen LogP contribution in [0.15, 0.2) is 52.2 Å². The molecule has 0 aliphatic carbocycles. The molecular weight excluding hydrogens is 373 g/mol. The molecule has 0 bridgehead atoms. The summed E-state index contributed by atoms with van der Waals surface area (Å²) in [7, 11) is 0. The summed E-state index contributed by atoms with van der Waals surface area (Å²) in [5.74, 6) is -0.444. The van der Waals surface area contributed by atoms with Gasteiger partial charge in [0.05, 0.1) is 12.0 Å². The molecule has 0 saturated heterocycles. The lowest BCUT2D eigenvalue weighted by Gasteiger charge is -2.06. The second kappa shape index (κ2) is 8.63. The summed E-state index contributed by atoms with van der Waals surface area (Å²) in [5.41, 5.74) is 0.157. The third kappa shape index (κ3) is 4.62. The van der Waals surface area contributed by atoms with Crippen molar-refractivity contribution in [1.82, 2.24) is 14.8 Å². The van der Waals surface area contributed by atoms with Gasteiger partial charge in [0.1, 0.15) is 5.82 Å². The first-order valence-corrected chi connectivity index (χ1v) is 9.11. The molecule has 0 aliphatic heterocycles. The van der Waals surface area contributed by atoms with Crippen LogP contribution < -0.4 is 0 Å². The van der Waals surface area contributed by atoms with Crippen molar-refractivity contribution >= 4 is 23.5 Å². The topological polar surface area (TPSA) is 87.2 Å². The third-order valence-corrected chi connectivity index (χ3v) is 4.54. The summed E-state index contributed by atoms with van der Waals surface area (Å²) in [6, 6.07) is 8.76. The number of carbonyl (C=O) groups excluding carboxylic acids is 2. The number of halogens is 1. The molecule has 2 aromatic heterocycles. The highest BCUT2D eigenvalue weighted by Gasteiger charge is 2.17. The van der Waals surface area contributed by atoms with Crippen LogP contribution in [0.2, 0.25) is 0 Å². The highest BCUT2D eigenvalue weighted by Crippen LogP contribution is 2.24. The molecule has 0 unspecified atom stereocenters. The molecule has 3 aromatic rings. The molecule has 0 aliphatic rings. The van der Waals surface area contributed by atoms with Gasteiger partial charge in [-0.3, -0.25) is 14.2 Å². The van der Waals surface area contributed by atoms with Gasteiger partial charge in [0.25, 0.3) is 0 Å². The molecule has 0 fully saturated rings. The predicted molar refractivity (Wildman–Crippen MR) is 95.8 cm³/mol. The van der Waals surface area contributed by atoms with Gasteiger partial charge in [0.2, 0.25) is 0 Å². The first kappa shape index (κ1) is 18.8. The van der Waals surface area contributed by atoms with Crippen molar-refractivity contribution in [3.05, 3.63) is 54.0 Å². The molecule has 3 rings (SSSR count). The molecule has 1 aromatic carbocycles. The van der Waals surface area contributed by atoms with Crippen LogP contribution in [-0.4, -0.2) is 38.9 Å². The average molecular weight is 389 g/mol. The van der Waals surface area contributed by atoms with Crippen LogP contribution >= 0.6 is 11.8 Å². The molecule has 0 amide bonds. The molecule has 0 spiro atoms. The number of rotatable bonds is 8. The molecule has 0 radical (unpaired) electrons. The predicted octanol–water partition coefficient (Wildman–Crippen LogP) is 3.22. The molecule has 27 heavy (non-hydrogen) atoms. The number of carbonyl (C=O) groups is 2. The number of ketones is 1. The Balaban J connectivity index is 1.54. The van der Waals surface area contributed by atoms with Gasteiger partial charge >= 0.3 is 5.97 Å². The zero-order valence-corrected chi connectivity index (χ0v) is 15.2. The molecule has 0 N–H and O–H groups in total. The Morgan fingerprint density at radius 3 is 2.81 bits per heavy atom. The van der Waals surface area contributed by atoms with Crippen LogP contribution in [0.3, 0.4) is 0 Å². The number of furan rings is 1. The van der Waals surface area contributed by atoms with Crippen molar-refractivity contribution in [1.29, 1.82) is 0 Å². The van der Waals surface area contributed by atoms with E-state index in [0.717, 1.165) is 17.8 Å². The third-order valence-electron chi connectivity index (χ3n) is 3.60. The number of hydrogen-bond donors (Lipinski definition) is 0. The fourth-order valence-electron chi connectivity index (χ4n) is 2.33. The van der Waals surface area contributed by atoms with E-state index >= 15 is 0 Å². The maximum atomic E-state index is 13.1. The van der Waals surface area contributed by atoms with Gasteiger partial charge in [0, 0.05) is 12.1 Å². The quantitative estimate of drug-likeness (QED) is 0.332. The van der Waals surface area contributed by atoms with E-state index in [2.05, 4.69) is 10.2 Å². The lowest BCUT2D eigenvalue weighted by molar-refractivity contribution is -0.139. The van der Waals surface area contributed by atoms with Crippen molar-refractivity contribution in [3.63, 3.8) is 0 Å². The number of nitrogens with zero attached hydrogens (tertiary/aromatic N) is 3. The lowest BCUT2D eigenvalue weighted by Crippen LogP contribution is -2.16. The van der Waals surface area contributed by atoms with Gasteiger partial charge < -0.3 is 9.15 Å². The van der Waals surface area contributed by atoms with Crippen LogP contribution in [0, 0.1) is 5.82 Å². The Bertz CT molecular complexity index is 940. The lowest BCUT2D eigenvalue weighted by atomic mass is 10.1. The van der Waals surface area contributed by atoms with E-state index in [1.54, 1.807) is 18.4 Å². The van der Waals surface area contributed by atoms with Crippen molar-refractivity contribution in [3.8, 4) is 11.6 Å². The van der Waals surface area contributed by atoms with Crippen LogP contribution in [-0.2, 0) is 16.1 Å². The van der Waals surface area contributed by atoms with Crippen LogP contribution in [0.25, 0.3) is 11.6 Å². The molecule has 9 heteroatoms. The Morgan fingerprint density at radius 1 is 1.26 bits per heavy atom. The van der Waals surface area contributed by atoms with Crippen molar-refractivity contribution in [2.45, 2.75) is 18.6 Å². The minimum absolute atomic E-state index is 0.0350. The van der Waals surface area contributed by atoms with Crippen molar-refractivity contribution < 1.29 is 23.1 Å². The Kier molecular flexibility index (Phi) is 6.02. The molecule has 2 heterocycles. The van der Waals surface area contributed by atoms with E-state index in [-0.39, 0.29) is 11.3 Å². The summed E-state index contributed by atoms with van der Waals surface area (Å²) in [4.78, 5) is 23.8. The molecular formula is C18H16FN3O4S. The van der Waals surface area contributed by atoms with Gasteiger partial charge in [-0.05, 0) is 31.2 Å². The maximum Gasteiger partial charge on any atom is 0.316 e. The summed E-state index contributed by atoms with van der Waals surface area (Å²) in [6.45, 7) is 2.08. The smallest absolute Gasteiger partial charge is 0.316 e. The monoisotopic (exact) mass is 389 g/mol. The van der Waals surface area contributed by atoms with Gasteiger partial charge in [-0.25, -0.2) is 4.39 Å². The summed E-state index contributed by atoms with van der Waals surface area (Å²) < 4.78 is 25.2. The van der Waals surface area contributed by atoms with E-state index in [1.807, 2.05) is 11.5 Å². The van der Waals surface area contributed by atoms with E-state index in [4.69, 9.17) is 9.15 Å². The van der Waals surface area contributed by atoms with E-state index < -0.39 is 24.2 Å². The number of esters is 1.